The fourth-order valence-electron chi connectivity index (χ4n) is 2.16. The lowest BCUT2D eigenvalue weighted by atomic mass is 10.1. The molecular formula is C17H20N4O2. The predicted octanol–water partition coefficient (Wildman–Crippen LogP) is 2.39. The van der Waals surface area contributed by atoms with E-state index in [2.05, 4.69) is 20.6 Å². The Bertz CT molecular complexity index is 656. The van der Waals surface area contributed by atoms with Crippen molar-refractivity contribution in [1.82, 2.24) is 15.3 Å². The molecule has 2 aromatic rings. The largest absolute Gasteiger partial charge is 0.345 e. The summed E-state index contributed by atoms with van der Waals surface area (Å²) in [5, 5.41) is 5.38. The average molecular weight is 312 g/mol. The Kier molecular flexibility index (Phi) is 5.80. The van der Waals surface area contributed by atoms with Gasteiger partial charge in [-0.2, -0.15) is 0 Å². The number of carbonyl (C=O) groups is 2. The minimum Gasteiger partial charge on any atom is -0.345 e. The Balaban J connectivity index is 2.04. The zero-order valence-electron chi connectivity index (χ0n) is 13.2. The van der Waals surface area contributed by atoms with Gasteiger partial charge >= 0.3 is 0 Å². The number of hydrogen-bond donors (Lipinski definition) is 2. The molecule has 1 aromatic heterocycles. The van der Waals surface area contributed by atoms with E-state index in [9.17, 15) is 9.59 Å². The molecule has 0 saturated heterocycles. The molecule has 2 N–H and O–H groups in total. The minimum atomic E-state index is -0.550. The molecule has 2 amide bonds. The van der Waals surface area contributed by atoms with Gasteiger partial charge in [0.15, 0.2) is 5.82 Å². The highest BCUT2D eigenvalue weighted by molar-refractivity contribution is 5.96. The molecule has 6 heteroatoms. The van der Waals surface area contributed by atoms with Gasteiger partial charge < -0.3 is 10.6 Å². The summed E-state index contributed by atoms with van der Waals surface area (Å²) in [5.74, 6) is 0.1000. The quantitative estimate of drug-likeness (QED) is 0.858. The second kappa shape index (κ2) is 8.03. The Morgan fingerprint density at radius 1 is 1.13 bits per heavy atom. The van der Waals surface area contributed by atoms with Crippen LogP contribution in [0.5, 0.6) is 0 Å². The number of nitrogens with zero attached hydrogens (tertiary/aromatic N) is 2. The Morgan fingerprint density at radius 3 is 2.35 bits per heavy atom. The number of hydrogen-bond acceptors (Lipinski definition) is 4. The van der Waals surface area contributed by atoms with E-state index < -0.39 is 6.04 Å². The van der Waals surface area contributed by atoms with Crippen molar-refractivity contribution in [1.29, 1.82) is 0 Å². The minimum absolute atomic E-state index is 0.228. The summed E-state index contributed by atoms with van der Waals surface area (Å²) in [4.78, 5) is 31.9. The van der Waals surface area contributed by atoms with Crippen molar-refractivity contribution in [2.24, 2.45) is 0 Å². The summed E-state index contributed by atoms with van der Waals surface area (Å²) in [6, 6.07) is 9.04. The van der Waals surface area contributed by atoms with E-state index in [1.54, 1.807) is 12.4 Å². The van der Waals surface area contributed by atoms with E-state index in [1.807, 2.05) is 37.3 Å². The van der Waals surface area contributed by atoms with Crippen LogP contribution in [0.4, 0.5) is 5.69 Å². The maximum Gasteiger partial charge on any atom is 0.247 e. The number of amides is 2. The van der Waals surface area contributed by atoms with Crippen LogP contribution in [0.15, 0.2) is 42.7 Å². The van der Waals surface area contributed by atoms with Gasteiger partial charge in [0, 0.05) is 12.5 Å². The van der Waals surface area contributed by atoms with Crippen LogP contribution in [0.25, 0.3) is 11.4 Å². The molecule has 0 spiro atoms. The number of nitrogens with one attached hydrogen (secondary N) is 2. The van der Waals surface area contributed by atoms with Crippen LogP contribution in [-0.2, 0) is 9.59 Å². The van der Waals surface area contributed by atoms with Gasteiger partial charge in [-0.15, -0.1) is 0 Å². The van der Waals surface area contributed by atoms with E-state index in [0.29, 0.717) is 17.9 Å². The normalized spacial score (nSPS) is 11.6. The second-order valence-corrected chi connectivity index (χ2v) is 5.19. The van der Waals surface area contributed by atoms with Crippen LogP contribution < -0.4 is 10.6 Å². The highest BCUT2D eigenvalue weighted by Crippen LogP contribution is 2.15. The third-order valence-electron chi connectivity index (χ3n) is 3.22. The van der Waals surface area contributed by atoms with Gasteiger partial charge in [0.1, 0.15) is 6.04 Å². The smallest absolute Gasteiger partial charge is 0.247 e. The molecule has 0 saturated carbocycles. The van der Waals surface area contributed by atoms with Crippen molar-refractivity contribution in [3.05, 3.63) is 42.7 Å². The molecular weight excluding hydrogens is 292 g/mol. The van der Waals surface area contributed by atoms with Crippen LogP contribution in [0.2, 0.25) is 0 Å². The lowest BCUT2D eigenvalue weighted by Crippen LogP contribution is -2.42. The molecule has 6 nitrogen and oxygen atoms in total. The van der Waals surface area contributed by atoms with Gasteiger partial charge in [-0.05, 0) is 6.42 Å². The number of carbonyl (C=O) groups excluding carboxylic acids is 2. The molecule has 2 rings (SSSR count). The van der Waals surface area contributed by atoms with Crippen LogP contribution in [0.3, 0.4) is 0 Å². The van der Waals surface area contributed by atoms with Gasteiger partial charge in [0.2, 0.25) is 11.8 Å². The van der Waals surface area contributed by atoms with Crippen LogP contribution >= 0.6 is 0 Å². The van der Waals surface area contributed by atoms with Crippen LogP contribution in [0, 0.1) is 0 Å². The first-order valence-corrected chi connectivity index (χ1v) is 7.55. The molecule has 120 valence electrons. The fourth-order valence-corrected chi connectivity index (χ4v) is 2.16. The lowest BCUT2D eigenvalue weighted by molar-refractivity contribution is -0.125. The van der Waals surface area contributed by atoms with Crippen molar-refractivity contribution in [3.8, 4) is 11.4 Å². The maximum atomic E-state index is 12.2. The first-order chi connectivity index (χ1) is 11.1. The molecule has 0 fully saturated rings. The van der Waals surface area contributed by atoms with Crippen molar-refractivity contribution in [2.75, 3.05) is 5.32 Å². The summed E-state index contributed by atoms with van der Waals surface area (Å²) in [6.45, 7) is 3.35. The molecule has 0 aliphatic heterocycles. The fraction of sp³-hybridized carbons (Fsp3) is 0.294. The van der Waals surface area contributed by atoms with E-state index >= 15 is 0 Å². The third kappa shape index (κ3) is 4.88. The second-order valence-electron chi connectivity index (χ2n) is 5.19. The van der Waals surface area contributed by atoms with E-state index in [4.69, 9.17) is 0 Å². The number of rotatable bonds is 6. The Morgan fingerprint density at radius 2 is 1.78 bits per heavy atom. The van der Waals surface area contributed by atoms with Crippen molar-refractivity contribution < 1.29 is 9.59 Å². The first kappa shape index (κ1) is 16.6. The summed E-state index contributed by atoms with van der Waals surface area (Å²) >= 11 is 0. The molecule has 1 heterocycles. The zero-order valence-corrected chi connectivity index (χ0v) is 13.2. The van der Waals surface area contributed by atoms with Gasteiger partial charge in [0.25, 0.3) is 0 Å². The van der Waals surface area contributed by atoms with Crippen molar-refractivity contribution >= 4 is 17.5 Å². The van der Waals surface area contributed by atoms with Crippen molar-refractivity contribution in [3.63, 3.8) is 0 Å². The number of anilines is 1. The number of benzene rings is 1. The highest BCUT2D eigenvalue weighted by atomic mass is 16.2. The van der Waals surface area contributed by atoms with Crippen molar-refractivity contribution in [2.45, 2.75) is 32.7 Å². The van der Waals surface area contributed by atoms with E-state index in [1.165, 1.54) is 6.92 Å². The molecule has 0 aliphatic rings. The predicted molar refractivity (Wildman–Crippen MR) is 88.6 cm³/mol. The molecule has 0 aliphatic carbocycles. The zero-order chi connectivity index (χ0) is 16.7. The lowest BCUT2D eigenvalue weighted by Gasteiger charge is -2.16. The summed E-state index contributed by atoms with van der Waals surface area (Å²) in [5.41, 5.74) is 1.41. The summed E-state index contributed by atoms with van der Waals surface area (Å²) < 4.78 is 0. The average Bonchev–Trinajstić information content (AvgIpc) is 2.55. The van der Waals surface area contributed by atoms with Gasteiger partial charge in [-0.1, -0.05) is 43.7 Å². The van der Waals surface area contributed by atoms with Gasteiger partial charge in [-0.3, -0.25) is 9.59 Å². The third-order valence-corrected chi connectivity index (χ3v) is 3.22. The van der Waals surface area contributed by atoms with E-state index in [0.717, 1.165) is 12.0 Å². The molecule has 0 radical (unpaired) electrons. The molecule has 1 atom stereocenters. The molecule has 1 aromatic carbocycles. The van der Waals surface area contributed by atoms with Gasteiger partial charge in [-0.25, -0.2) is 9.97 Å². The number of aromatic nitrogens is 2. The Labute approximate surface area is 135 Å². The summed E-state index contributed by atoms with van der Waals surface area (Å²) in [7, 11) is 0. The Hall–Kier alpha value is -2.76. The van der Waals surface area contributed by atoms with Crippen LogP contribution in [-0.4, -0.2) is 27.8 Å². The molecule has 0 bridgehead atoms. The van der Waals surface area contributed by atoms with Gasteiger partial charge in [0.05, 0.1) is 18.1 Å². The van der Waals surface area contributed by atoms with Crippen LogP contribution in [0.1, 0.15) is 26.7 Å². The van der Waals surface area contributed by atoms with E-state index in [-0.39, 0.29) is 11.8 Å². The summed E-state index contributed by atoms with van der Waals surface area (Å²) in [6.07, 6.45) is 4.49. The highest BCUT2D eigenvalue weighted by Gasteiger charge is 2.18. The standard InChI is InChI=1S/C17H20N4O2/c1-3-7-15(20-12(2)22)17(23)21-14-10-18-16(19-11-14)13-8-5-4-6-9-13/h4-6,8-11,15H,3,7H2,1-2H3,(H,20,22)(H,21,23)/t15-/m1/s1. The first-order valence-electron chi connectivity index (χ1n) is 7.55. The monoisotopic (exact) mass is 312 g/mol. The molecule has 0 unspecified atom stereocenters. The SMILES string of the molecule is CCC[C@@H](NC(C)=O)C(=O)Nc1cnc(-c2ccccc2)nc1. The topological polar surface area (TPSA) is 84.0 Å². The molecule has 23 heavy (non-hydrogen) atoms. The maximum absolute atomic E-state index is 12.2.